The number of primary amides is 2. The number of aliphatic hydroxyl groups is 1. The molecule has 2 aromatic heterocycles. The van der Waals surface area contributed by atoms with E-state index in [1.807, 2.05) is 36.4 Å². The summed E-state index contributed by atoms with van der Waals surface area (Å²) in [5.41, 5.74) is 24.9. The fraction of sp³-hybridized carbons (Fsp3) is 0.474. The van der Waals surface area contributed by atoms with Gasteiger partial charge in [-0.3, -0.25) is 72.5 Å². The molecule has 25 N–H and O–H groups in total. The molecule has 114 heavy (non-hydrogen) atoms. The highest BCUT2D eigenvalue weighted by atomic mass is 32.2. The van der Waals surface area contributed by atoms with E-state index in [1.54, 1.807) is 115 Å². The van der Waals surface area contributed by atoms with Crippen LogP contribution in [0.3, 0.4) is 0 Å². The number of para-hydroxylation sites is 2. The molecule has 1 aliphatic rings. The number of hydrogen-bond donors (Lipinski definition) is 21. The van der Waals surface area contributed by atoms with E-state index in [2.05, 4.69) is 79.1 Å². The van der Waals surface area contributed by atoms with Gasteiger partial charge in [0.2, 0.25) is 82.7 Å². The Balaban J connectivity index is 1.27. The fourth-order valence-electron chi connectivity index (χ4n) is 12.9. The molecule has 0 aliphatic carbocycles. The van der Waals surface area contributed by atoms with E-state index in [0.717, 1.165) is 22.5 Å². The van der Waals surface area contributed by atoms with Gasteiger partial charge in [-0.15, -0.1) is 11.8 Å². The number of guanidine groups is 1. The molecule has 3 heterocycles. The van der Waals surface area contributed by atoms with Crippen LogP contribution < -0.4 is 92.1 Å². The third kappa shape index (κ3) is 26.5. The third-order valence-electron chi connectivity index (χ3n) is 19.5. The topological polar surface area (TPSA) is 575 Å². The molecular weight excluding hydrogens is 1490 g/mol. The largest absolute Gasteiger partial charge is 0.394 e. The van der Waals surface area contributed by atoms with E-state index in [4.69, 9.17) is 28.3 Å². The number of carbonyl (C=O) groups excluding carboxylic acids is 14. The lowest BCUT2D eigenvalue weighted by Gasteiger charge is -2.33. The highest BCUT2D eigenvalue weighted by Crippen LogP contribution is 2.25. The summed E-state index contributed by atoms with van der Waals surface area (Å²) in [6, 6.07) is 10.0. The van der Waals surface area contributed by atoms with E-state index in [9.17, 15) is 57.8 Å². The lowest BCUT2D eigenvalue weighted by atomic mass is 9.85. The number of H-pyrrole nitrogens is 2. The molecule has 35 nitrogen and oxygen atoms in total. The normalized spacial score (nSPS) is 23.1. The van der Waals surface area contributed by atoms with Crippen molar-refractivity contribution in [3.8, 4) is 0 Å². The molecular formula is C78H108N20O15S. The first-order valence-electron chi connectivity index (χ1n) is 37.9. The van der Waals surface area contributed by atoms with Gasteiger partial charge in [0.25, 0.3) is 0 Å². The second-order valence-electron chi connectivity index (χ2n) is 29.8. The first kappa shape index (κ1) is 89.5. The molecule has 7 rings (SSSR count). The number of unbranched alkanes of at least 4 members (excludes halogenated alkanes) is 1. The Kier molecular flexibility index (Phi) is 33.6. The van der Waals surface area contributed by atoms with Gasteiger partial charge in [0.15, 0.2) is 5.96 Å². The summed E-state index contributed by atoms with van der Waals surface area (Å²) >= 11 is 0.865. The summed E-state index contributed by atoms with van der Waals surface area (Å²) in [6.07, 6.45) is 2.42. The molecule has 12 atom stereocenters. The maximum absolute atomic E-state index is 15.2. The molecule has 1 fully saturated rings. The number of aromatic nitrogens is 2. The number of carbonyl (C=O) groups is 14. The summed E-state index contributed by atoms with van der Waals surface area (Å²) < 4.78 is 0. The Morgan fingerprint density at radius 3 is 1.61 bits per heavy atom. The van der Waals surface area contributed by atoms with Crippen molar-refractivity contribution in [2.75, 3.05) is 37.7 Å². The fourth-order valence-corrected chi connectivity index (χ4v) is 13.8. The summed E-state index contributed by atoms with van der Waals surface area (Å²) in [5.74, 6) is -16.0. The van der Waals surface area contributed by atoms with Crippen LogP contribution in [0, 0.1) is 22.7 Å². The van der Waals surface area contributed by atoms with Crippen molar-refractivity contribution in [2.45, 2.75) is 179 Å². The minimum Gasteiger partial charge on any atom is -0.394 e. The first-order valence-corrected chi connectivity index (χ1v) is 39.1. The average molecular weight is 1600 g/mol. The van der Waals surface area contributed by atoms with Crippen LogP contribution in [0.5, 0.6) is 0 Å². The zero-order valence-electron chi connectivity index (χ0n) is 65.0. The number of hydrogen-bond acceptors (Lipinski definition) is 18. The van der Waals surface area contributed by atoms with Crippen molar-refractivity contribution in [1.29, 1.82) is 5.41 Å². The lowest BCUT2D eigenvalue weighted by Crippen LogP contribution is -2.62. The first-order chi connectivity index (χ1) is 54.2. The number of benzene rings is 4. The highest BCUT2D eigenvalue weighted by molar-refractivity contribution is 8.00. The molecule has 0 bridgehead atoms. The van der Waals surface area contributed by atoms with E-state index in [0.29, 0.717) is 44.9 Å². The molecule has 36 heteroatoms. The van der Waals surface area contributed by atoms with Gasteiger partial charge in [-0.25, -0.2) is 0 Å². The predicted octanol–water partition coefficient (Wildman–Crippen LogP) is -1.48. The minimum absolute atomic E-state index is 0.0139. The van der Waals surface area contributed by atoms with Crippen molar-refractivity contribution in [3.63, 3.8) is 0 Å². The number of fused-ring (bicyclic) bond motifs is 3. The summed E-state index contributed by atoms with van der Waals surface area (Å²) in [6.45, 7) is 9.73. The van der Waals surface area contributed by atoms with Crippen molar-refractivity contribution in [1.82, 2.24) is 79.1 Å². The summed E-state index contributed by atoms with van der Waals surface area (Å²) in [7, 11) is 0. The summed E-state index contributed by atoms with van der Waals surface area (Å²) in [5, 5.41) is 55.3. The molecule has 4 aromatic carbocycles. The van der Waals surface area contributed by atoms with Gasteiger partial charge < -0.3 is 107 Å². The second kappa shape index (κ2) is 42.8. The van der Waals surface area contributed by atoms with Crippen LogP contribution in [-0.4, -0.2) is 208 Å². The van der Waals surface area contributed by atoms with Crippen molar-refractivity contribution < 1.29 is 72.2 Å². The molecule has 0 radical (unpaired) electrons. The maximum atomic E-state index is 15.2. The number of aliphatic hydroxyl groups excluding tert-OH is 1. The van der Waals surface area contributed by atoms with Gasteiger partial charge >= 0.3 is 0 Å². The third-order valence-corrected chi connectivity index (χ3v) is 20.5. The Bertz CT molecular complexity index is 4450. The number of nitrogens with two attached hydrogens (primary N) is 4. The molecule has 616 valence electrons. The van der Waals surface area contributed by atoms with Crippen LogP contribution in [0.1, 0.15) is 110 Å². The van der Waals surface area contributed by atoms with E-state index in [-0.39, 0.29) is 70.2 Å². The number of thioether (sulfide) groups is 1. The molecule has 14 amide bonds. The van der Waals surface area contributed by atoms with Gasteiger partial charge in [-0.05, 0) is 95.5 Å². The molecule has 1 aliphatic heterocycles. The van der Waals surface area contributed by atoms with Gasteiger partial charge in [-0.2, -0.15) is 0 Å². The predicted molar refractivity (Wildman–Crippen MR) is 429 cm³/mol. The van der Waals surface area contributed by atoms with E-state index < -0.39 is 198 Å². The van der Waals surface area contributed by atoms with Crippen LogP contribution in [-0.2, 0) is 86.4 Å². The second-order valence-corrected chi connectivity index (χ2v) is 30.8. The monoisotopic (exact) mass is 1600 g/mol. The minimum atomic E-state index is -1.87. The van der Waals surface area contributed by atoms with Crippen LogP contribution in [0.25, 0.3) is 32.6 Å². The smallest absolute Gasteiger partial charge is 0.245 e. The Labute approximate surface area is 663 Å². The number of amides is 14. The Hall–Kier alpha value is -11.7. The SMILES string of the molecule is CC[C@H](C)[C@@H]1NC(=O)[C@@H](Cc2ccc3ccccc3c2)NC(=O)CSC[C@@H](C(N)=O)NC(=O)[C@H](C(C)(C)C)NC(=O)[C@H](Cc2c[nH]c3ccccc23)NC(=O)[C@H](CCCCN)NC(=O)[C@H](C(C)C)NC(=O)[C@H](Cc2c[nH]c3ccccc23)NC(=O)[C@H](CC(N)=O)NC(=O)[C@H](CCCNC(=N)N)NC(=O)CNC(=O)[C@H](CO)NC1=O. The van der Waals surface area contributed by atoms with Crippen molar-refractivity contribution in [3.05, 3.63) is 120 Å². The summed E-state index contributed by atoms with van der Waals surface area (Å²) in [4.78, 5) is 208. The molecule has 0 unspecified atom stereocenters. The van der Waals surface area contributed by atoms with Crippen molar-refractivity contribution >= 4 is 133 Å². The van der Waals surface area contributed by atoms with Gasteiger partial charge in [-0.1, -0.05) is 134 Å². The van der Waals surface area contributed by atoms with E-state index in [1.165, 1.54) is 0 Å². The molecule has 0 saturated carbocycles. The molecule has 0 spiro atoms. The molecule has 1 saturated heterocycles. The van der Waals surface area contributed by atoms with Crippen LogP contribution >= 0.6 is 11.8 Å². The number of rotatable bonds is 21. The van der Waals surface area contributed by atoms with Crippen LogP contribution in [0.15, 0.2) is 103 Å². The lowest BCUT2D eigenvalue weighted by molar-refractivity contribution is -0.137. The zero-order valence-corrected chi connectivity index (χ0v) is 65.8. The van der Waals surface area contributed by atoms with Crippen LogP contribution in [0.4, 0.5) is 0 Å². The quantitative estimate of drug-likeness (QED) is 0.0222. The number of aromatic amines is 2. The Morgan fingerprint density at radius 1 is 0.544 bits per heavy atom. The van der Waals surface area contributed by atoms with Gasteiger partial charge in [0.05, 0.1) is 25.3 Å². The zero-order chi connectivity index (χ0) is 83.5. The highest BCUT2D eigenvalue weighted by Gasteiger charge is 2.40. The maximum Gasteiger partial charge on any atom is 0.245 e. The van der Waals surface area contributed by atoms with Crippen molar-refractivity contribution in [2.24, 2.45) is 40.2 Å². The van der Waals surface area contributed by atoms with E-state index >= 15 is 14.4 Å². The Morgan fingerprint density at radius 2 is 1.04 bits per heavy atom. The number of nitrogens with one attached hydrogen (secondary N) is 16. The van der Waals surface area contributed by atoms with Gasteiger partial charge in [0.1, 0.15) is 66.5 Å². The molecule has 6 aromatic rings. The van der Waals surface area contributed by atoms with Crippen LogP contribution in [0.2, 0.25) is 0 Å². The average Bonchev–Trinajstić information content (AvgIpc) is 1.48. The standard InChI is InChI=1S/C78H108N20O15S/c1-8-42(4)64-75(112)94-58(38-99)67(104)87-37-61(101)88-52(25-17-29-84-77(82)83)68(105)93-57(34-60(80)100)70(107)92-55(32-46-35-85-50-22-13-11-20-48(46)50)72(109)96-63(41(2)3)74(111)90-53(24-15-16-28-79)69(106)91-56(33-47-36-86-51-23-14-12-21-49(47)51)73(110)98-65(78(5,6)7)76(113)95-59(66(81)103)39-114-40-62(102)89-54(71(108)97-64)31-43-26-27-44-18-9-10-19-45(44)30-43/h9-14,18-23,26-27,30,35-36,41-42,52-59,63-65,85-86,99H,8,15-17,24-25,28-29,31-34,37-40,79H2,1-7H3,(H2,80,100)(H2,81,103)(H,87,104)(H,88,101)(H,89,102)(H,90,111)(H,91,106)(H,92,107)(H,93,105)(H,94,112)(H,95,113)(H,96,109)(H,97,108)(H,98,110)(H4,82,83,84)/t42-,52-,53-,54+,55-,56-,57-,58-,59-,63-,64-,65+/m0/s1. The van der Waals surface area contributed by atoms with Gasteiger partial charge in [0, 0.05) is 65.8 Å².